The second-order valence-electron chi connectivity index (χ2n) is 6.26. The number of fused-ring (bicyclic) bond motifs is 2. The standard InChI is InChI=1S/C17H28N2O/c1-3-5-6-7-8-17(20)19(11-4-2)16-12-14-9-10-15(13-16)18-14/h1,14-16,18H,4-13H2,2H3. The maximum Gasteiger partial charge on any atom is 0.222 e. The minimum Gasteiger partial charge on any atom is -0.340 e. The van der Waals surface area contributed by atoms with Crippen molar-refractivity contribution in [2.24, 2.45) is 0 Å². The predicted molar refractivity (Wildman–Crippen MR) is 82.3 cm³/mol. The van der Waals surface area contributed by atoms with Crippen LogP contribution in [0.3, 0.4) is 0 Å². The van der Waals surface area contributed by atoms with Crippen LogP contribution in [0.1, 0.15) is 64.7 Å². The highest BCUT2D eigenvalue weighted by atomic mass is 16.2. The number of terminal acetylenes is 1. The minimum atomic E-state index is 0.343. The van der Waals surface area contributed by atoms with Gasteiger partial charge in [-0.05, 0) is 44.9 Å². The summed E-state index contributed by atoms with van der Waals surface area (Å²) in [4.78, 5) is 14.7. The molecule has 2 fully saturated rings. The summed E-state index contributed by atoms with van der Waals surface area (Å²) in [6.45, 7) is 3.08. The summed E-state index contributed by atoms with van der Waals surface area (Å²) in [5.41, 5.74) is 0. The molecule has 0 radical (unpaired) electrons. The molecule has 0 aromatic carbocycles. The molecule has 2 unspecified atom stereocenters. The normalized spacial score (nSPS) is 28.1. The molecular weight excluding hydrogens is 248 g/mol. The Hall–Kier alpha value is -1.01. The summed E-state index contributed by atoms with van der Waals surface area (Å²) in [5.74, 6) is 2.99. The molecule has 2 saturated heterocycles. The summed E-state index contributed by atoms with van der Waals surface area (Å²) in [5, 5.41) is 3.66. The minimum absolute atomic E-state index is 0.343. The van der Waals surface area contributed by atoms with Crippen molar-refractivity contribution in [2.45, 2.75) is 82.8 Å². The van der Waals surface area contributed by atoms with E-state index in [1.54, 1.807) is 0 Å². The highest BCUT2D eigenvalue weighted by molar-refractivity contribution is 5.76. The number of hydrogen-bond donors (Lipinski definition) is 1. The van der Waals surface area contributed by atoms with Crippen molar-refractivity contribution < 1.29 is 4.79 Å². The van der Waals surface area contributed by atoms with Crippen molar-refractivity contribution in [3.05, 3.63) is 0 Å². The number of carbonyl (C=O) groups excluding carboxylic acids is 1. The molecule has 3 nitrogen and oxygen atoms in total. The zero-order valence-electron chi connectivity index (χ0n) is 12.7. The number of piperidine rings is 1. The first-order chi connectivity index (χ1) is 9.74. The molecule has 0 aromatic rings. The van der Waals surface area contributed by atoms with Gasteiger partial charge in [0, 0.05) is 37.5 Å². The number of amides is 1. The van der Waals surface area contributed by atoms with Gasteiger partial charge >= 0.3 is 0 Å². The maximum absolute atomic E-state index is 12.5. The summed E-state index contributed by atoms with van der Waals surface area (Å²) >= 11 is 0. The van der Waals surface area contributed by atoms with Crippen LogP contribution in [0, 0.1) is 12.3 Å². The van der Waals surface area contributed by atoms with Crippen LogP contribution in [0.2, 0.25) is 0 Å². The third-order valence-corrected chi connectivity index (χ3v) is 4.64. The van der Waals surface area contributed by atoms with Crippen molar-refractivity contribution in [3.63, 3.8) is 0 Å². The van der Waals surface area contributed by atoms with E-state index in [0.717, 1.165) is 45.1 Å². The summed E-state index contributed by atoms with van der Waals surface area (Å²) in [7, 11) is 0. The molecular formula is C17H28N2O. The van der Waals surface area contributed by atoms with Crippen LogP contribution < -0.4 is 5.32 Å². The molecule has 2 rings (SSSR count). The molecule has 2 heterocycles. The molecule has 2 atom stereocenters. The average Bonchev–Trinajstić information content (AvgIpc) is 2.79. The average molecular weight is 276 g/mol. The molecule has 0 aliphatic carbocycles. The molecule has 0 aromatic heterocycles. The van der Waals surface area contributed by atoms with E-state index < -0.39 is 0 Å². The van der Waals surface area contributed by atoms with E-state index in [9.17, 15) is 4.79 Å². The quantitative estimate of drug-likeness (QED) is 0.573. The second kappa shape index (κ2) is 7.69. The fourth-order valence-corrected chi connectivity index (χ4v) is 3.68. The van der Waals surface area contributed by atoms with E-state index in [1.807, 2.05) is 0 Å². The Morgan fingerprint density at radius 2 is 2.00 bits per heavy atom. The van der Waals surface area contributed by atoms with Gasteiger partial charge in [0.15, 0.2) is 0 Å². The zero-order chi connectivity index (χ0) is 14.4. The summed E-state index contributed by atoms with van der Waals surface area (Å²) in [6.07, 6.45) is 14.5. The maximum atomic E-state index is 12.5. The Labute approximate surface area is 123 Å². The van der Waals surface area contributed by atoms with Crippen LogP contribution in [-0.2, 0) is 4.79 Å². The van der Waals surface area contributed by atoms with Crippen molar-refractivity contribution in [1.29, 1.82) is 0 Å². The first-order valence-electron chi connectivity index (χ1n) is 8.23. The fourth-order valence-electron chi connectivity index (χ4n) is 3.68. The van der Waals surface area contributed by atoms with Gasteiger partial charge in [0.1, 0.15) is 0 Å². The van der Waals surface area contributed by atoms with Crippen LogP contribution >= 0.6 is 0 Å². The van der Waals surface area contributed by atoms with Gasteiger partial charge in [-0.2, -0.15) is 0 Å². The summed E-state index contributed by atoms with van der Waals surface area (Å²) in [6, 6.07) is 1.76. The lowest BCUT2D eigenvalue weighted by atomic mass is 9.97. The van der Waals surface area contributed by atoms with Crippen LogP contribution in [-0.4, -0.2) is 35.5 Å². The van der Waals surface area contributed by atoms with Crippen molar-refractivity contribution >= 4 is 5.91 Å². The zero-order valence-corrected chi connectivity index (χ0v) is 12.7. The molecule has 1 N–H and O–H groups in total. The Morgan fingerprint density at radius 1 is 1.30 bits per heavy atom. The molecule has 1 amide bonds. The highest BCUT2D eigenvalue weighted by Gasteiger charge is 2.37. The number of nitrogens with zero attached hydrogens (tertiary/aromatic N) is 1. The monoisotopic (exact) mass is 276 g/mol. The number of unbranched alkanes of at least 4 members (excludes halogenated alkanes) is 2. The van der Waals surface area contributed by atoms with Crippen LogP contribution in [0.4, 0.5) is 0 Å². The van der Waals surface area contributed by atoms with Crippen LogP contribution in [0.5, 0.6) is 0 Å². The first kappa shape index (κ1) is 15.4. The van der Waals surface area contributed by atoms with E-state index in [0.29, 0.717) is 30.5 Å². The number of nitrogens with one attached hydrogen (secondary N) is 1. The highest BCUT2D eigenvalue weighted by Crippen LogP contribution is 2.30. The second-order valence-corrected chi connectivity index (χ2v) is 6.26. The molecule has 2 aliphatic rings. The van der Waals surface area contributed by atoms with Gasteiger partial charge in [-0.15, -0.1) is 12.3 Å². The van der Waals surface area contributed by atoms with Gasteiger partial charge in [-0.3, -0.25) is 4.79 Å². The third-order valence-electron chi connectivity index (χ3n) is 4.64. The van der Waals surface area contributed by atoms with Gasteiger partial charge in [0.2, 0.25) is 5.91 Å². The topological polar surface area (TPSA) is 32.3 Å². The van der Waals surface area contributed by atoms with Gasteiger partial charge in [-0.25, -0.2) is 0 Å². The Kier molecular flexibility index (Phi) is 5.91. The van der Waals surface area contributed by atoms with Gasteiger partial charge < -0.3 is 10.2 Å². The molecule has 0 saturated carbocycles. The first-order valence-corrected chi connectivity index (χ1v) is 8.23. The number of rotatable bonds is 7. The van der Waals surface area contributed by atoms with Crippen molar-refractivity contribution in [1.82, 2.24) is 10.2 Å². The Balaban J connectivity index is 1.85. The lowest BCUT2D eigenvalue weighted by Gasteiger charge is -2.38. The van der Waals surface area contributed by atoms with E-state index in [1.165, 1.54) is 12.8 Å². The van der Waals surface area contributed by atoms with E-state index in [2.05, 4.69) is 23.1 Å². The lowest BCUT2D eigenvalue weighted by Crippen LogP contribution is -2.50. The van der Waals surface area contributed by atoms with E-state index in [4.69, 9.17) is 6.42 Å². The van der Waals surface area contributed by atoms with Crippen LogP contribution in [0.25, 0.3) is 0 Å². The predicted octanol–water partition coefficient (Wildman–Crippen LogP) is 2.70. The molecule has 0 spiro atoms. The number of carbonyl (C=O) groups is 1. The summed E-state index contributed by atoms with van der Waals surface area (Å²) < 4.78 is 0. The molecule has 20 heavy (non-hydrogen) atoms. The van der Waals surface area contributed by atoms with E-state index in [-0.39, 0.29) is 0 Å². The lowest BCUT2D eigenvalue weighted by molar-refractivity contribution is -0.134. The third kappa shape index (κ3) is 3.99. The van der Waals surface area contributed by atoms with E-state index >= 15 is 0 Å². The molecule has 2 aliphatic heterocycles. The molecule has 2 bridgehead atoms. The Bertz CT molecular complexity index is 348. The van der Waals surface area contributed by atoms with Gasteiger partial charge in [0.05, 0.1) is 0 Å². The van der Waals surface area contributed by atoms with Crippen molar-refractivity contribution in [2.75, 3.05) is 6.54 Å². The molecule has 3 heteroatoms. The largest absolute Gasteiger partial charge is 0.340 e. The number of hydrogen-bond acceptors (Lipinski definition) is 2. The molecule has 112 valence electrons. The SMILES string of the molecule is C#CCCCCC(=O)N(CCC)C1CC2CCC(C1)N2. The van der Waals surface area contributed by atoms with Gasteiger partial charge in [0.25, 0.3) is 0 Å². The van der Waals surface area contributed by atoms with Crippen molar-refractivity contribution in [3.8, 4) is 12.3 Å². The Morgan fingerprint density at radius 3 is 2.60 bits per heavy atom. The van der Waals surface area contributed by atoms with Gasteiger partial charge in [-0.1, -0.05) is 6.92 Å². The fraction of sp³-hybridized carbons (Fsp3) is 0.824. The smallest absolute Gasteiger partial charge is 0.222 e. The van der Waals surface area contributed by atoms with Crippen LogP contribution in [0.15, 0.2) is 0 Å².